The average molecular weight is 522 g/mol. The van der Waals surface area contributed by atoms with E-state index < -0.39 is 28.1 Å². The number of nitrogens with one attached hydrogen (secondary N) is 1. The second kappa shape index (κ2) is 11.6. The fourth-order valence-electron chi connectivity index (χ4n) is 6.29. The number of esters is 1. The van der Waals surface area contributed by atoms with Gasteiger partial charge >= 0.3 is 11.9 Å². The van der Waals surface area contributed by atoms with Crippen LogP contribution in [0.3, 0.4) is 0 Å². The Morgan fingerprint density at radius 3 is 2.58 bits per heavy atom. The van der Waals surface area contributed by atoms with Gasteiger partial charge in [0, 0.05) is 26.2 Å². The van der Waals surface area contributed by atoms with Crippen molar-refractivity contribution in [2.24, 2.45) is 17.8 Å². The monoisotopic (exact) mass is 521 g/mol. The third-order valence-electron chi connectivity index (χ3n) is 8.29. The number of rotatable bonds is 9. The molecule has 0 spiro atoms. The first kappa shape index (κ1) is 27.0. The third kappa shape index (κ3) is 6.27. The Hall–Kier alpha value is -2.01. The second-order valence-electron chi connectivity index (χ2n) is 10.6. The summed E-state index contributed by atoms with van der Waals surface area (Å²) in [5.41, 5.74) is 0.736. The number of fused-ring (bicyclic) bond motifs is 1. The standard InChI is InChI=1S/C26H39N3O6S/c1-3-35-26(32)24-13-22(28(2)36(33,34)17-18-7-5-4-6-8-18)16-29(24)15-19-9-10-20-14-27-23(25(30)31)12-21(20)11-19/h4-8,19-24,27H,3,9-17H2,1-2H3,(H,30,31)/t19-,20-,21+,22-,23-,24-/m0/s1. The molecule has 36 heavy (non-hydrogen) atoms. The van der Waals surface area contributed by atoms with E-state index in [0.717, 1.165) is 31.4 Å². The van der Waals surface area contributed by atoms with Crippen LogP contribution in [-0.2, 0) is 30.1 Å². The van der Waals surface area contributed by atoms with Gasteiger partial charge in [0.15, 0.2) is 0 Å². The number of ether oxygens (including phenoxy) is 1. The molecule has 10 heteroatoms. The Balaban J connectivity index is 1.43. The highest BCUT2D eigenvalue weighted by molar-refractivity contribution is 7.88. The number of nitrogens with zero attached hydrogens (tertiary/aromatic N) is 2. The highest BCUT2D eigenvalue weighted by Crippen LogP contribution is 2.40. The SMILES string of the molecule is CCOC(=O)[C@@H]1C[C@H](N(C)S(=O)(=O)Cc2ccccc2)CN1C[C@H]1CC[C@H]2CN[C@H](C(=O)O)C[C@H]2C1. The number of sulfonamides is 1. The smallest absolute Gasteiger partial charge is 0.323 e. The topological polar surface area (TPSA) is 116 Å². The van der Waals surface area contributed by atoms with Gasteiger partial charge in [-0.3, -0.25) is 14.5 Å². The van der Waals surface area contributed by atoms with Crippen molar-refractivity contribution in [2.45, 2.75) is 62.9 Å². The van der Waals surface area contributed by atoms with Crippen LogP contribution in [0, 0.1) is 17.8 Å². The molecule has 0 radical (unpaired) electrons. The number of carboxylic acids is 1. The summed E-state index contributed by atoms with van der Waals surface area (Å²) in [6.45, 7) is 3.99. The molecule has 2 aliphatic heterocycles. The zero-order valence-electron chi connectivity index (χ0n) is 21.2. The van der Waals surface area contributed by atoms with Crippen molar-refractivity contribution in [3.05, 3.63) is 35.9 Å². The van der Waals surface area contributed by atoms with E-state index in [4.69, 9.17) is 4.74 Å². The van der Waals surface area contributed by atoms with Gasteiger partial charge in [-0.25, -0.2) is 12.7 Å². The quantitative estimate of drug-likeness (QED) is 0.474. The minimum Gasteiger partial charge on any atom is -0.480 e. The normalized spacial score (nSPS) is 31.2. The van der Waals surface area contributed by atoms with E-state index in [9.17, 15) is 23.1 Å². The number of carbonyl (C=O) groups excluding carboxylic acids is 1. The Bertz CT molecular complexity index is 1020. The number of aliphatic carboxylic acids is 1. The number of likely N-dealkylation sites (tertiary alicyclic amines) is 1. The number of piperidine rings is 1. The summed E-state index contributed by atoms with van der Waals surface area (Å²) in [4.78, 5) is 26.4. The molecule has 2 N–H and O–H groups in total. The lowest BCUT2D eigenvalue weighted by atomic mass is 9.69. The largest absolute Gasteiger partial charge is 0.480 e. The van der Waals surface area contributed by atoms with Gasteiger partial charge in [0.25, 0.3) is 0 Å². The summed E-state index contributed by atoms with van der Waals surface area (Å²) < 4.78 is 33.1. The average Bonchev–Trinajstić information content (AvgIpc) is 3.27. The molecule has 4 rings (SSSR count). The lowest BCUT2D eigenvalue weighted by Crippen LogP contribution is -2.50. The van der Waals surface area contributed by atoms with Crippen LogP contribution < -0.4 is 5.32 Å². The predicted molar refractivity (Wildman–Crippen MR) is 136 cm³/mol. The number of likely N-dealkylation sites (N-methyl/N-ethyl adjacent to an activating group) is 1. The molecule has 1 aliphatic carbocycles. The van der Waals surface area contributed by atoms with Crippen LogP contribution in [0.5, 0.6) is 0 Å². The minimum absolute atomic E-state index is 0.0740. The molecule has 9 nitrogen and oxygen atoms in total. The Morgan fingerprint density at radius 1 is 1.14 bits per heavy atom. The van der Waals surface area contributed by atoms with Crippen molar-refractivity contribution in [1.82, 2.24) is 14.5 Å². The molecule has 0 aromatic heterocycles. The molecule has 3 fully saturated rings. The van der Waals surface area contributed by atoms with E-state index in [1.165, 1.54) is 4.31 Å². The van der Waals surface area contributed by atoms with E-state index in [2.05, 4.69) is 10.2 Å². The Kier molecular flexibility index (Phi) is 8.70. The Labute approximate surface area is 214 Å². The summed E-state index contributed by atoms with van der Waals surface area (Å²) in [6, 6.07) is 7.86. The van der Waals surface area contributed by atoms with Crippen LogP contribution in [0.4, 0.5) is 0 Å². The maximum Gasteiger partial charge on any atom is 0.323 e. The molecule has 0 unspecified atom stereocenters. The summed E-state index contributed by atoms with van der Waals surface area (Å²) in [5.74, 6) is 0.0453. The molecule has 1 aromatic carbocycles. The molecule has 1 saturated carbocycles. The van der Waals surface area contributed by atoms with Gasteiger partial charge < -0.3 is 15.2 Å². The number of carbonyl (C=O) groups is 2. The van der Waals surface area contributed by atoms with E-state index >= 15 is 0 Å². The fourth-order valence-corrected chi connectivity index (χ4v) is 7.71. The van der Waals surface area contributed by atoms with Crippen molar-refractivity contribution in [3.8, 4) is 0 Å². The van der Waals surface area contributed by atoms with Gasteiger partial charge in [0.05, 0.1) is 12.4 Å². The van der Waals surface area contributed by atoms with Crippen molar-refractivity contribution in [3.63, 3.8) is 0 Å². The lowest BCUT2D eigenvalue weighted by Gasteiger charge is -2.42. The zero-order valence-corrected chi connectivity index (χ0v) is 22.0. The zero-order chi connectivity index (χ0) is 25.9. The van der Waals surface area contributed by atoms with E-state index in [1.807, 2.05) is 18.2 Å². The van der Waals surface area contributed by atoms with Crippen LogP contribution in [0.15, 0.2) is 30.3 Å². The first-order valence-corrected chi connectivity index (χ1v) is 14.6. The van der Waals surface area contributed by atoms with Gasteiger partial charge in [-0.1, -0.05) is 30.3 Å². The van der Waals surface area contributed by atoms with Crippen molar-refractivity contribution in [2.75, 3.05) is 33.3 Å². The van der Waals surface area contributed by atoms with Gasteiger partial charge in [-0.15, -0.1) is 0 Å². The summed E-state index contributed by atoms with van der Waals surface area (Å²) in [7, 11) is -1.94. The van der Waals surface area contributed by atoms with Gasteiger partial charge in [0.2, 0.25) is 10.0 Å². The molecule has 6 atom stereocenters. The maximum atomic E-state index is 13.2. The predicted octanol–water partition coefficient (Wildman–Crippen LogP) is 1.93. The van der Waals surface area contributed by atoms with E-state index in [1.54, 1.807) is 26.1 Å². The molecular weight excluding hydrogens is 482 g/mol. The van der Waals surface area contributed by atoms with E-state index in [0.29, 0.717) is 43.7 Å². The number of benzene rings is 1. The van der Waals surface area contributed by atoms with Crippen molar-refractivity contribution < 1.29 is 27.9 Å². The molecule has 200 valence electrons. The molecule has 0 bridgehead atoms. The summed E-state index contributed by atoms with van der Waals surface area (Å²) in [6.07, 6.45) is 4.06. The van der Waals surface area contributed by atoms with Gasteiger partial charge in [0.1, 0.15) is 12.1 Å². The van der Waals surface area contributed by atoms with Gasteiger partial charge in [-0.2, -0.15) is 0 Å². The van der Waals surface area contributed by atoms with Crippen LogP contribution in [0.1, 0.15) is 44.6 Å². The number of hydrogen-bond donors (Lipinski definition) is 2. The molecule has 2 heterocycles. The summed E-state index contributed by atoms with van der Waals surface area (Å²) >= 11 is 0. The molecular formula is C26H39N3O6S. The molecule has 0 amide bonds. The third-order valence-corrected chi connectivity index (χ3v) is 10.2. The first-order chi connectivity index (χ1) is 17.2. The highest BCUT2D eigenvalue weighted by Gasteiger charge is 2.44. The van der Waals surface area contributed by atoms with E-state index in [-0.39, 0.29) is 24.4 Å². The lowest BCUT2D eigenvalue weighted by molar-refractivity contribution is -0.149. The maximum absolute atomic E-state index is 13.2. The number of hydrogen-bond acceptors (Lipinski definition) is 7. The molecule has 3 aliphatic rings. The van der Waals surface area contributed by atoms with Crippen LogP contribution in [-0.4, -0.2) is 86.1 Å². The molecule has 1 aromatic rings. The highest BCUT2D eigenvalue weighted by atomic mass is 32.2. The van der Waals surface area contributed by atoms with Crippen molar-refractivity contribution >= 4 is 22.0 Å². The second-order valence-corrected chi connectivity index (χ2v) is 12.6. The first-order valence-electron chi connectivity index (χ1n) is 13.0. The molecule has 2 saturated heterocycles. The summed E-state index contributed by atoms with van der Waals surface area (Å²) in [5, 5.41) is 12.6. The van der Waals surface area contributed by atoms with Gasteiger partial charge in [-0.05, 0) is 68.9 Å². The van der Waals surface area contributed by atoms with Crippen LogP contribution in [0.2, 0.25) is 0 Å². The van der Waals surface area contributed by atoms with Crippen LogP contribution >= 0.6 is 0 Å². The minimum atomic E-state index is -3.55. The number of carboxylic acid groups (broad SMARTS) is 1. The Morgan fingerprint density at radius 2 is 1.89 bits per heavy atom. The van der Waals surface area contributed by atoms with Crippen molar-refractivity contribution in [1.29, 1.82) is 0 Å². The van der Waals surface area contributed by atoms with Crippen LogP contribution in [0.25, 0.3) is 0 Å². The fraction of sp³-hybridized carbons (Fsp3) is 0.692.